The van der Waals surface area contributed by atoms with Gasteiger partial charge in [0.2, 0.25) is 0 Å². The monoisotopic (exact) mass is 285 g/mol. The van der Waals surface area contributed by atoms with Crippen molar-refractivity contribution in [2.24, 2.45) is 0 Å². The molecule has 112 valence electrons. The molecule has 0 radical (unpaired) electrons. The minimum Gasteiger partial charge on any atom is -0.465 e. The third-order valence-electron chi connectivity index (χ3n) is 4.05. The van der Waals surface area contributed by atoms with E-state index in [0.717, 1.165) is 25.3 Å². The van der Waals surface area contributed by atoms with Crippen LogP contribution in [0.2, 0.25) is 0 Å². The van der Waals surface area contributed by atoms with Gasteiger partial charge in [0.25, 0.3) is 0 Å². The number of hydrogen-bond donors (Lipinski definition) is 1. The molecule has 4 heteroatoms. The first-order chi connectivity index (χ1) is 10.3. The summed E-state index contributed by atoms with van der Waals surface area (Å²) in [7, 11) is 2.13. The highest BCUT2D eigenvalue weighted by molar-refractivity contribution is 5.42. The normalized spacial score (nSPS) is 15.5. The minimum atomic E-state index is 0.891. The molecule has 2 aromatic rings. The molecule has 1 aliphatic carbocycles. The summed E-state index contributed by atoms with van der Waals surface area (Å²) in [6.45, 7) is 1.79. The Labute approximate surface area is 125 Å². The van der Waals surface area contributed by atoms with E-state index in [2.05, 4.69) is 28.2 Å². The molecule has 2 heterocycles. The molecule has 0 atom stereocenters. The summed E-state index contributed by atoms with van der Waals surface area (Å²) in [6.07, 6.45) is 12.1. The van der Waals surface area contributed by atoms with Crippen LogP contribution in [0.3, 0.4) is 0 Å². The van der Waals surface area contributed by atoms with Crippen molar-refractivity contribution in [2.75, 3.05) is 13.6 Å². The Balaban J connectivity index is 1.57. The quantitative estimate of drug-likeness (QED) is 0.856. The van der Waals surface area contributed by atoms with Crippen molar-refractivity contribution in [3.8, 4) is 0 Å². The predicted octanol–water partition coefficient (Wildman–Crippen LogP) is 3.42. The number of nitrogens with zero attached hydrogens (tertiary/aromatic N) is 2. The number of rotatable bonds is 5. The predicted molar refractivity (Wildman–Crippen MR) is 83.9 cm³/mol. The average Bonchev–Trinajstić information content (AvgIpc) is 3.05. The zero-order valence-corrected chi connectivity index (χ0v) is 12.6. The zero-order valence-electron chi connectivity index (χ0n) is 12.6. The summed E-state index contributed by atoms with van der Waals surface area (Å²) in [5.41, 5.74) is 4.05. The lowest BCUT2D eigenvalue weighted by Crippen LogP contribution is -2.18. The summed E-state index contributed by atoms with van der Waals surface area (Å²) in [5, 5.41) is 7.77. The Bertz CT molecular complexity index is 583. The number of aromatic nitrogens is 2. The molecule has 0 fully saturated rings. The molecule has 1 N–H and O–H groups in total. The molecule has 4 nitrogen and oxygen atoms in total. The molecule has 3 rings (SSSR count). The summed E-state index contributed by atoms with van der Waals surface area (Å²) in [6, 6.07) is 3.87. The Hall–Kier alpha value is -1.81. The molecule has 0 saturated heterocycles. The van der Waals surface area contributed by atoms with Crippen molar-refractivity contribution in [2.45, 2.75) is 38.6 Å². The number of H-pyrrole nitrogens is 1. The lowest BCUT2D eigenvalue weighted by atomic mass is 10.1. The smallest absolute Gasteiger partial charge is 0.126 e. The molecule has 0 spiro atoms. The zero-order chi connectivity index (χ0) is 14.5. The highest BCUT2D eigenvalue weighted by Crippen LogP contribution is 2.22. The van der Waals surface area contributed by atoms with E-state index in [-0.39, 0.29) is 0 Å². The molecule has 2 aromatic heterocycles. The molecule has 0 amide bonds. The Morgan fingerprint density at radius 1 is 1.33 bits per heavy atom. The SMILES string of the molecule is CN(C/C=C/c1ccco1)Cc1n[nH]c2c1CCCCC2. The van der Waals surface area contributed by atoms with Crippen LogP contribution in [0, 0.1) is 0 Å². The van der Waals surface area contributed by atoms with E-state index in [1.807, 2.05) is 18.2 Å². The number of aromatic amines is 1. The van der Waals surface area contributed by atoms with Crippen LogP contribution in [0.4, 0.5) is 0 Å². The van der Waals surface area contributed by atoms with Crippen LogP contribution in [-0.4, -0.2) is 28.7 Å². The van der Waals surface area contributed by atoms with E-state index in [1.165, 1.54) is 42.6 Å². The van der Waals surface area contributed by atoms with E-state index < -0.39 is 0 Å². The van der Waals surface area contributed by atoms with Crippen LogP contribution in [0.15, 0.2) is 28.9 Å². The number of furan rings is 1. The highest BCUT2D eigenvalue weighted by Gasteiger charge is 2.16. The van der Waals surface area contributed by atoms with Gasteiger partial charge in [-0.15, -0.1) is 0 Å². The van der Waals surface area contributed by atoms with Gasteiger partial charge in [0.1, 0.15) is 5.76 Å². The fourth-order valence-electron chi connectivity index (χ4n) is 2.91. The second kappa shape index (κ2) is 6.76. The Kier molecular flexibility index (Phi) is 4.55. The number of hydrogen-bond acceptors (Lipinski definition) is 3. The molecule has 1 aliphatic rings. The van der Waals surface area contributed by atoms with Gasteiger partial charge in [0.15, 0.2) is 0 Å². The van der Waals surface area contributed by atoms with Gasteiger partial charge in [-0.05, 0) is 56.5 Å². The van der Waals surface area contributed by atoms with Crippen LogP contribution >= 0.6 is 0 Å². The number of likely N-dealkylation sites (N-methyl/N-ethyl adjacent to an activating group) is 1. The van der Waals surface area contributed by atoms with Crippen molar-refractivity contribution in [1.82, 2.24) is 15.1 Å². The molecule has 0 bridgehead atoms. The maximum Gasteiger partial charge on any atom is 0.126 e. The van der Waals surface area contributed by atoms with Crippen molar-refractivity contribution in [1.29, 1.82) is 0 Å². The van der Waals surface area contributed by atoms with Crippen LogP contribution in [0.25, 0.3) is 6.08 Å². The molecular weight excluding hydrogens is 262 g/mol. The van der Waals surface area contributed by atoms with E-state index in [1.54, 1.807) is 6.26 Å². The largest absolute Gasteiger partial charge is 0.465 e. The first-order valence-corrected chi connectivity index (χ1v) is 7.76. The Morgan fingerprint density at radius 2 is 2.24 bits per heavy atom. The maximum absolute atomic E-state index is 5.29. The Morgan fingerprint density at radius 3 is 3.10 bits per heavy atom. The van der Waals surface area contributed by atoms with Gasteiger partial charge in [-0.1, -0.05) is 12.5 Å². The highest BCUT2D eigenvalue weighted by atomic mass is 16.3. The fourth-order valence-corrected chi connectivity index (χ4v) is 2.91. The molecule has 21 heavy (non-hydrogen) atoms. The summed E-state index contributed by atoms with van der Waals surface area (Å²) in [4.78, 5) is 2.28. The first-order valence-electron chi connectivity index (χ1n) is 7.76. The number of nitrogens with one attached hydrogen (secondary N) is 1. The molecule has 0 saturated carbocycles. The molecule has 0 unspecified atom stereocenters. The number of fused-ring (bicyclic) bond motifs is 1. The summed E-state index contributed by atoms with van der Waals surface area (Å²) < 4.78 is 5.29. The van der Waals surface area contributed by atoms with Crippen molar-refractivity contribution >= 4 is 6.08 Å². The summed E-state index contributed by atoms with van der Waals surface area (Å²) >= 11 is 0. The van der Waals surface area contributed by atoms with Gasteiger partial charge in [-0.25, -0.2) is 0 Å². The van der Waals surface area contributed by atoms with E-state index in [4.69, 9.17) is 4.42 Å². The van der Waals surface area contributed by atoms with Crippen molar-refractivity contribution < 1.29 is 4.42 Å². The van der Waals surface area contributed by atoms with Gasteiger partial charge in [0.05, 0.1) is 12.0 Å². The van der Waals surface area contributed by atoms with Crippen molar-refractivity contribution in [3.63, 3.8) is 0 Å². The van der Waals surface area contributed by atoms with Gasteiger partial charge >= 0.3 is 0 Å². The minimum absolute atomic E-state index is 0.891. The standard InChI is InChI=1S/C17H23N3O/c1-20(11-5-7-14-8-6-12-21-14)13-17-15-9-3-2-4-10-16(15)18-19-17/h5-8,12H,2-4,9-11,13H2,1H3,(H,18,19)/b7-5+. The fraction of sp³-hybridized carbons (Fsp3) is 0.471. The lowest BCUT2D eigenvalue weighted by molar-refractivity contribution is 0.357. The van der Waals surface area contributed by atoms with Crippen LogP contribution < -0.4 is 0 Å². The van der Waals surface area contributed by atoms with Gasteiger partial charge < -0.3 is 4.42 Å². The first kappa shape index (κ1) is 14.1. The van der Waals surface area contributed by atoms with E-state index in [0.29, 0.717) is 0 Å². The second-order valence-corrected chi connectivity index (χ2v) is 5.80. The van der Waals surface area contributed by atoms with Gasteiger partial charge in [0, 0.05) is 18.8 Å². The third-order valence-corrected chi connectivity index (χ3v) is 4.05. The summed E-state index contributed by atoms with van der Waals surface area (Å²) in [5.74, 6) is 0.900. The van der Waals surface area contributed by atoms with Gasteiger partial charge in [-0.3, -0.25) is 10.00 Å². The van der Waals surface area contributed by atoms with Crippen molar-refractivity contribution in [3.05, 3.63) is 47.2 Å². The van der Waals surface area contributed by atoms with Crippen LogP contribution in [-0.2, 0) is 19.4 Å². The van der Waals surface area contributed by atoms with E-state index >= 15 is 0 Å². The molecule has 0 aromatic carbocycles. The van der Waals surface area contributed by atoms with Gasteiger partial charge in [-0.2, -0.15) is 5.10 Å². The van der Waals surface area contributed by atoms with Crippen LogP contribution in [0.1, 0.15) is 42.0 Å². The van der Waals surface area contributed by atoms with E-state index in [9.17, 15) is 0 Å². The topological polar surface area (TPSA) is 45.1 Å². The second-order valence-electron chi connectivity index (χ2n) is 5.80. The number of aryl methyl sites for hydroxylation is 1. The lowest BCUT2D eigenvalue weighted by Gasteiger charge is -2.13. The molecular formula is C17H23N3O. The third kappa shape index (κ3) is 3.64. The van der Waals surface area contributed by atoms with Crippen LogP contribution in [0.5, 0.6) is 0 Å². The maximum atomic E-state index is 5.29. The average molecular weight is 285 g/mol. The molecule has 0 aliphatic heterocycles.